The number of hydrogen-bond donors (Lipinski definition) is 1. The van der Waals surface area contributed by atoms with E-state index in [9.17, 15) is 18.4 Å². The van der Waals surface area contributed by atoms with Crippen LogP contribution in [0.3, 0.4) is 0 Å². The van der Waals surface area contributed by atoms with E-state index >= 15 is 0 Å². The minimum atomic E-state index is -1.00. The molecule has 1 N–H and O–H groups in total. The zero-order valence-electron chi connectivity index (χ0n) is 17.3. The minimum Gasteiger partial charge on any atom is -0.334 e. The number of aromatic amines is 1. The van der Waals surface area contributed by atoms with Crippen molar-refractivity contribution in [2.45, 2.75) is 39.2 Å². The number of halogens is 2. The highest BCUT2D eigenvalue weighted by molar-refractivity contribution is 5.94. The molecular weight excluding hydrogens is 400 g/mol. The molecule has 0 bridgehead atoms. The SMILES string of the molecule is CCCCc1ccc(C(=O)N2CCc3nc(-c4ccc(F)c(F)c4)[nH]c(=O)c3C2)cc1. The largest absolute Gasteiger partial charge is 0.334 e. The molecule has 31 heavy (non-hydrogen) atoms. The van der Waals surface area contributed by atoms with Crippen LogP contribution in [0.5, 0.6) is 0 Å². The number of nitrogens with one attached hydrogen (secondary N) is 1. The Balaban J connectivity index is 1.54. The van der Waals surface area contributed by atoms with Gasteiger partial charge in [0.25, 0.3) is 11.5 Å². The van der Waals surface area contributed by atoms with Gasteiger partial charge in [-0.1, -0.05) is 25.5 Å². The fraction of sp³-hybridized carbons (Fsp3) is 0.292. The predicted molar refractivity (Wildman–Crippen MR) is 114 cm³/mol. The van der Waals surface area contributed by atoms with Crippen molar-refractivity contribution in [2.75, 3.05) is 6.54 Å². The molecule has 1 aliphatic heterocycles. The Hall–Kier alpha value is -3.35. The van der Waals surface area contributed by atoms with Gasteiger partial charge >= 0.3 is 0 Å². The first-order valence-electron chi connectivity index (χ1n) is 10.4. The number of aromatic nitrogens is 2. The normalized spacial score (nSPS) is 13.2. The highest BCUT2D eigenvalue weighted by Gasteiger charge is 2.25. The standard InChI is InChI=1S/C24H23F2N3O2/c1-2-3-4-15-5-7-16(8-6-15)24(31)29-12-11-21-18(14-29)23(30)28-22(27-21)17-9-10-19(25)20(26)13-17/h5-10,13H,2-4,11-12,14H2,1H3,(H,27,28,30). The Labute approximate surface area is 178 Å². The van der Waals surface area contributed by atoms with Gasteiger partial charge in [0, 0.05) is 24.1 Å². The third-order valence-electron chi connectivity index (χ3n) is 5.57. The van der Waals surface area contributed by atoms with E-state index in [0.29, 0.717) is 35.3 Å². The maximum Gasteiger partial charge on any atom is 0.256 e. The highest BCUT2D eigenvalue weighted by Crippen LogP contribution is 2.22. The number of benzene rings is 2. The number of carbonyl (C=O) groups excluding carboxylic acids is 1. The molecule has 7 heteroatoms. The van der Waals surface area contributed by atoms with Gasteiger partial charge < -0.3 is 9.88 Å². The van der Waals surface area contributed by atoms with Gasteiger partial charge in [-0.25, -0.2) is 13.8 Å². The first kappa shape index (κ1) is 20.9. The molecule has 2 heterocycles. The van der Waals surface area contributed by atoms with E-state index in [0.717, 1.165) is 31.4 Å². The minimum absolute atomic E-state index is 0.128. The summed E-state index contributed by atoms with van der Waals surface area (Å²) in [6, 6.07) is 11.0. The van der Waals surface area contributed by atoms with Crippen molar-refractivity contribution in [3.8, 4) is 11.4 Å². The molecule has 0 saturated carbocycles. The number of unbranched alkanes of at least 4 members (excludes halogenated alkanes) is 1. The Kier molecular flexibility index (Phi) is 5.93. The van der Waals surface area contributed by atoms with Gasteiger partial charge in [-0.3, -0.25) is 9.59 Å². The van der Waals surface area contributed by atoms with Crippen LogP contribution in [0, 0.1) is 11.6 Å². The molecule has 5 nitrogen and oxygen atoms in total. The molecule has 0 aliphatic carbocycles. The van der Waals surface area contributed by atoms with Gasteiger partial charge in [0.1, 0.15) is 5.82 Å². The maximum absolute atomic E-state index is 13.6. The molecule has 160 valence electrons. The average Bonchev–Trinajstić information content (AvgIpc) is 2.79. The van der Waals surface area contributed by atoms with Gasteiger partial charge in [-0.2, -0.15) is 0 Å². The summed E-state index contributed by atoms with van der Waals surface area (Å²) in [5.74, 6) is -1.91. The van der Waals surface area contributed by atoms with Crippen molar-refractivity contribution >= 4 is 5.91 Å². The molecule has 0 unspecified atom stereocenters. The zero-order valence-corrected chi connectivity index (χ0v) is 17.3. The lowest BCUT2D eigenvalue weighted by atomic mass is 10.0. The van der Waals surface area contributed by atoms with E-state index in [1.165, 1.54) is 11.6 Å². The van der Waals surface area contributed by atoms with E-state index in [4.69, 9.17) is 0 Å². The molecule has 0 spiro atoms. The molecule has 1 aliphatic rings. The van der Waals surface area contributed by atoms with Crippen LogP contribution in [0.15, 0.2) is 47.3 Å². The van der Waals surface area contributed by atoms with Gasteiger partial charge in [-0.15, -0.1) is 0 Å². The van der Waals surface area contributed by atoms with Crippen LogP contribution in [0.4, 0.5) is 8.78 Å². The molecule has 2 aromatic carbocycles. The van der Waals surface area contributed by atoms with Crippen molar-refractivity contribution < 1.29 is 13.6 Å². The molecular formula is C24H23F2N3O2. The van der Waals surface area contributed by atoms with Crippen LogP contribution >= 0.6 is 0 Å². The van der Waals surface area contributed by atoms with E-state index in [1.54, 1.807) is 4.90 Å². The summed E-state index contributed by atoms with van der Waals surface area (Å²) in [4.78, 5) is 34.3. The average molecular weight is 423 g/mol. The second-order valence-electron chi connectivity index (χ2n) is 7.75. The molecule has 0 saturated heterocycles. The Morgan fingerprint density at radius 1 is 1.13 bits per heavy atom. The number of carbonyl (C=O) groups is 1. The van der Waals surface area contributed by atoms with Crippen LogP contribution in [0.1, 0.15) is 46.9 Å². The summed E-state index contributed by atoms with van der Waals surface area (Å²) >= 11 is 0. The molecule has 3 aromatic rings. The number of hydrogen-bond acceptors (Lipinski definition) is 3. The van der Waals surface area contributed by atoms with E-state index < -0.39 is 11.6 Å². The number of rotatable bonds is 5. The van der Waals surface area contributed by atoms with E-state index in [1.807, 2.05) is 24.3 Å². The lowest BCUT2D eigenvalue weighted by Gasteiger charge is -2.28. The lowest BCUT2D eigenvalue weighted by molar-refractivity contribution is 0.0732. The fourth-order valence-corrected chi connectivity index (χ4v) is 3.76. The summed E-state index contributed by atoms with van der Waals surface area (Å²) in [5.41, 5.74) is 2.70. The van der Waals surface area contributed by atoms with Crippen LogP contribution in [-0.4, -0.2) is 27.3 Å². The van der Waals surface area contributed by atoms with Crippen LogP contribution in [0.2, 0.25) is 0 Å². The van der Waals surface area contributed by atoms with Crippen LogP contribution in [0.25, 0.3) is 11.4 Å². The maximum atomic E-state index is 13.6. The van der Waals surface area contributed by atoms with Gasteiger partial charge in [0.2, 0.25) is 0 Å². The monoisotopic (exact) mass is 423 g/mol. The zero-order chi connectivity index (χ0) is 22.0. The highest BCUT2D eigenvalue weighted by atomic mass is 19.2. The topological polar surface area (TPSA) is 66.1 Å². The number of aryl methyl sites for hydroxylation is 1. The van der Waals surface area contributed by atoms with Crippen molar-refractivity contribution in [3.05, 3.63) is 86.8 Å². The van der Waals surface area contributed by atoms with E-state index in [-0.39, 0.29) is 23.8 Å². The predicted octanol–water partition coefficient (Wildman–Crippen LogP) is 4.26. The molecule has 0 fully saturated rings. The van der Waals surface area contributed by atoms with Crippen molar-refractivity contribution in [2.24, 2.45) is 0 Å². The number of amides is 1. The number of fused-ring (bicyclic) bond motifs is 1. The summed E-state index contributed by atoms with van der Waals surface area (Å²) in [6.07, 6.45) is 3.63. The summed E-state index contributed by atoms with van der Waals surface area (Å²) in [7, 11) is 0. The third kappa shape index (κ3) is 4.40. The first-order chi connectivity index (χ1) is 15.0. The molecule has 0 atom stereocenters. The number of H-pyrrole nitrogens is 1. The number of nitrogens with zero attached hydrogens (tertiary/aromatic N) is 2. The summed E-state index contributed by atoms with van der Waals surface area (Å²) in [5, 5.41) is 0. The molecule has 4 rings (SSSR count). The van der Waals surface area contributed by atoms with Crippen molar-refractivity contribution in [3.63, 3.8) is 0 Å². The second-order valence-corrected chi connectivity index (χ2v) is 7.75. The van der Waals surface area contributed by atoms with Crippen molar-refractivity contribution in [1.29, 1.82) is 0 Å². The van der Waals surface area contributed by atoms with Gasteiger partial charge in [0.15, 0.2) is 11.6 Å². The van der Waals surface area contributed by atoms with E-state index in [2.05, 4.69) is 16.9 Å². The summed E-state index contributed by atoms with van der Waals surface area (Å²) < 4.78 is 26.8. The van der Waals surface area contributed by atoms with Crippen LogP contribution in [-0.2, 0) is 19.4 Å². The Morgan fingerprint density at radius 3 is 2.61 bits per heavy atom. The van der Waals surface area contributed by atoms with Gasteiger partial charge in [-0.05, 0) is 48.7 Å². The quantitative estimate of drug-likeness (QED) is 0.667. The third-order valence-corrected chi connectivity index (χ3v) is 5.57. The Morgan fingerprint density at radius 2 is 1.90 bits per heavy atom. The van der Waals surface area contributed by atoms with Gasteiger partial charge in [0.05, 0.1) is 17.8 Å². The first-order valence-corrected chi connectivity index (χ1v) is 10.4. The lowest BCUT2D eigenvalue weighted by Crippen LogP contribution is -2.39. The summed E-state index contributed by atoms with van der Waals surface area (Å²) in [6.45, 7) is 2.73. The smallest absolute Gasteiger partial charge is 0.256 e. The fourth-order valence-electron chi connectivity index (χ4n) is 3.76. The Bertz CT molecular complexity index is 1170. The van der Waals surface area contributed by atoms with Crippen LogP contribution < -0.4 is 5.56 Å². The van der Waals surface area contributed by atoms with Crippen molar-refractivity contribution in [1.82, 2.24) is 14.9 Å². The molecule has 0 radical (unpaired) electrons. The second kappa shape index (κ2) is 8.79. The molecule has 1 aromatic heterocycles. The molecule has 1 amide bonds.